The summed E-state index contributed by atoms with van der Waals surface area (Å²) in [6.45, 7) is 3.94. The average Bonchev–Trinajstić information content (AvgIpc) is 3.51. The second kappa shape index (κ2) is 8.95. The van der Waals surface area contributed by atoms with Crippen molar-refractivity contribution in [1.82, 2.24) is 10.6 Å². The molecule has 0 atom stereocenters. The van der Waals surface area contributed by atoms with Crippen molar-refractivity contribution in [2.24, 2.45) is 4.99 Å². The first-order valence-electron chi connectivity index (χ1n) is 9.60. The maximum Gasteiger partial charge on any atom is 0.191 e. The Morgan fingerprint density at radius 2 is 1.82 bits per heavy atom. The zero-order valence-corrected chi connectivity index (χ0v) is 16.7. The van der Waals surface area contributed by atoms with Gasteiger partial charge in [-0.15, -0.1) is 0 Å². The van der Waals surface area contributed by atoms with E-state index < -0.39 is 0 Å². The molecule has 2 aromatic carbocycles. The number of guanidine groups is 1. The summed E-state index contributed by atoms with van der Waals surface area (Å²) in [5.41, 5.74) is 1.67. The number of halogens is 1. The molecule has 28 heavy (non-hydrogen) atoms. The van der Waals surface area contributed by atoms with Gasteiger partial charge in [0.15, 0.2) is 17.5 Å². The Balaban J connectivity index is 1.68. The molecule has 0 aliphatic heterocycles. The van der Waals surface area contributed by atoms with Crippen LogP contribution in [-0.2, 0) is 12.0 Å². The summed E-state index contributed by atoms with van der Waals surface area (Å²) in [5, 5.41) is 6.65. The van der Waals surface area contributed by atoms with Gasteiger partial charge < -0.3 is 20.1 Å². The van der Waals surface area contributed by atoms with E-state index >= 15 is 0 Å². The van der Waals surface area contributed by atoms with Crippen molar-refractivity contribution in [2.45, 2.75) is 31.7 Å². The average molecular weight is 385 g/mol. The molecule has 0 saturated heterocycles. The largest absolute Gasteiger partial charge is 0.493 e. The van der Waals surface area contributed by atoms with Crippen LogP contribution in [0.4, 0.5) is 4.39 Å². The lowest BCUT2D eigenvalue weighted by Crippen LogP contribution is -2.41. The molecule has 0 radical (unpaired) electrons. The fraction of sp³-hybridized carbons (Fsp3) is 0.409. The Kier molecular flexibility index (Phi) is 6.39. The van der Waals surface area contributed by atoms with E-state index in [2.05, 4.69) is 15.6 Å². The van der Waals surface area contributed by atoms with E-state index in [4.69, 9.17) is 9.47 Å². The number of hydrogen-bond donors (Lipinski definition) is 2. The molecule has 0 heterocycles. The summed E-state index contributed by atoms with van der Waals surface area (Å²) in [4.78, 5) is 4.67. The third-order valence-corrected chi connectivity index (χ3v) is 5.10. The van der Waals surface area contributed by atoms with Gasteiger partial charge in [-0.05, 0) is 49.1 Å². The molecular weight excluding hydrogens is 357 g/mol. The van der Waals surface area contributed by atoms with E-state index in [9.17, 15) is 4.39 Å². The van der Waals surface area contributed by atoms with Gasteiger partial charge in [0.2, 0.25) is 0 Å². The molecule has 150 valence electrons. The van der Waals surface area contributed by atoms with Crippen molar-refractivity contribution in [3.8, 4) is 11.5 Å². The molecule has 3 rings (SSSR count). The molecule has 1 saturated carbocycles. The predicted molar refractivity (Wildman–Crippen MR) is 110 cm³/mol. The topological polar surface area (TPSA) is 54.9 Å². The number of ether oxygens (including phenoxy) is 2. The molecule has 0 bridgehead atoms. The molecule has 2 N–H and O–H groups in total. The predicted octanol–water partition coefficient (Wildman–Crippen LogP) is 3.63. The number of rotatable bonds is 8. The van der Waals surface area contributed by atoms with Gasteiger partial charge in [0, 0.05) is 18.5 Å². The second-order valence-corrected chi connectivity index (χ2v) is 7.00. The van der Waals surface area contributed by atoms with Crippen molar-refractivity contribution in [3.63, 3.8) is 0 Å². The molecule has 0 aromatic heterocycles. The van der Waals surface area contributed by atoms with Crippen molar-refractivity contribution in [2.75, 3.05) is 27.3 Å². The monoisotopic (exact) mass is 385 g/mol. The number of hydrogen-bond acceptors (Lipinski definition) is 3. The summed E-state index contributed by atoms with van der Waals surface area (Å²) in [6.07, 6.45) is 1.96. The van der Waals surface area contributed by atoms with Gasteiger partial charge in [0.1, 0.15) is 5.82 Å². The minimum absolute atomic E-state index is 0.130. The van der Waals surface area contributed by atoms with Gasteiger partial charge in [0.25, 0.3) is 0 Å². The Bertz CT molecular complexity index is 834. The molecule has 2 aromatic rings. The maximum absolute atomic E-state index is 14.2. The number of nitrogens with one attached hydrogen (secondary N) is 2. The minimum atomic E-state index is -0.134. The molecule has 0 unspecified atom stereocenters. The Hall–Kier alpha value is -2.76. The summed E-state index contributed by atoms with van der Waals surface area (Å²) in [7, 11) is 3.24. The van der Waals surface area contributed by atoms with Crippen LogP contribution in [-0.4, -0.2) is 33.3 Å². The van der Waals surface area contributed by atoms with Crippen LogP contribution in [0.1, 0.15) is 30.9 Å². The Labute approximate surface area is 166 Å². The third-order valence-electron chi connectivity index (χ3n) is 5.10. The third kappa shape index (κ3) is 4.55. The fourth-order valence-electron chi connectivity index (χ4n) is 3.33. The van der Waals surface area contributed by atoms with E-state index in [1.807, 2.05) is 37.3 Å². The van der Waals surface area contributed by atoms with E-state index in [1.165, 1.54) is 6.07 Å². The smallest absolute Gasteiger partial charge is 0.191 e. The van der Waals surface area contributed by atoms with E-state index in [0.29, 0.717) is 24.6 Å². The summed E-state index contributed by atoms with van der Waals surface area (Å²) >= 11 is 0. The molecule has 1 aliphatic rings. The van der Waals surface area contributed by atoms with Crippen LogP contribution in [0.2, 0.25) is 0 Å². The van der Waals surface area contributed by atoms with Gasteiger partial charge in [-0.1, -0.05) is 24.3 Å². The number of nitrogens with zero attached hydrogens (tertiary/aromatic N) is 1. The normalized spacial score (nSPS) is 15.1. The van der Waals surface area contributed by atoms with E-state index in [1.54, 1.807) is 20.3 Å². The highest BCUT2D eigenvalue weighted by atomic mass is 19.1. The van der Waals surface area contributed by atoms with Gasteiger partial charge in [-0.2, -0.15) is 0 Å². The Morgan fingerprint density at radius 1 is 1.07 bits per heavy atom. The van der Waals surface area contributed by atoms with Gasteiger partial charge in [-0.3, -0.25) is 0 Å². The highest BCUT2D eigenvalue weighted by Gasteiger charge is 2.45. The fourth-order valence-corrected chi connectivity index (χ4v) is 3.33. The van der Waals surface area contributed by atoms with Crippen LogP contribution in [0.3, 0.4) is 0 Å². The van der Waals surface area contributed by atoms with Crippen LogP contribution in [0.5, 0.6) is 11.5 Å². The van der Waals surface area contributed by atoms with Gasteiger partial charge in [-0.25, -0.2) is 9.38 Å². The second-order valence-electron chi connectivity index (χ2n) is 7.00. The summed E-state index contributed by atoms with van der Waals surface area (Å²) in [6, 6.07) is 12.8. The standard InChI is InChI=1S/C22H28FN3O2/c1-4-24-21(25-14-16-9-10-19(27-2)20(13-16)28-3)26-15-22(11-12-22)17-7-5-6-8-18(17)23/h5-10,13H,4,11-12,14-15H2,1-3H3,(H2,24,25,26). The lowest BCUT2D eigenvalue weighted by atomic mass is 9.95. The number of methoxy groups -OCH3 is 2. The van der Waals surface area contributed by atoms with Crippen LogP contribution in [0, 0.1) is 5.82 Å². The van der Waals surface area contributed by atoms with Crippen molar-refractivity contribution < 1.29 is 13.9 Å². The van der Waals surface area contributed by atoms with Crippen molar-refractivity contribution in [3.05, 3.63) is 59.4 Å². The van der Waals surface area contributed by atoms with Crippen LogP contribution < -0.4 is 20.1 Å². The van der Waals surface area contributed by atoms with Crippen molar-refractivity contribution >= 4 is 5.96 Å². The van der Waals surface area contributed by atoms with Crippen LogP contribution in [0.25, 0.3) is 0 Å². The van der Waals surface area contributed by atoms with Crippen LogP contribution >= 0.6 is 0 Å². The molecule has 1 fully saturated rings. The van der Waals surface area contributed by atoms with Gasteiger partial charge in [0.05, 0.1) is 20.8 Å². The Morgan fingerprint density at radius 3 is 2.46 bits per heavy atom. The van der Waals surface area contributed by atoms with Gasteiger partial charge >= 0.3 is 0 Å². The highest BCUT2D eigenvalue weighted by Crippen LogP contribution is 2.48. The maximum atomic E-state index is 14.2. The molecular formula is C22H28FN3O2. The number of benzene rings is 2. The van der Waals surface area contributed by atoms with E-state index in [0.717, 1.165) is 36.5 Å². The lowest BCUT2D eigenvalue weighted by Gasteiger charge is -2.19. The zero-order valence-electron chi connectivity index (χ0n) is 16.7. The first-order chi connectivity index (χ1) is 13.6. The first kappa shape index (κ1) is 20.0. The lowest BCUT2D eigenvalue weighted by molar-refractivity contribution is 0.354. The van der Waals surface area contributed by atoms with Crippen LogP contribution in [0.15, 0.2) is 47.5 Å². The molecule has 0 amide bonds. The van der Waals surface area contributed by atoms with E-state index in [-0.39, 0.29) is 11.2 Å². The molecule has 0 spiro atoms. The first-order valence-corrected chi connectivity index (χ1v) is 9.60. The molecule has 1 aliphatic carbocycles. The van der Waals surface area contributed by atoms with Crippen molar-refractivity contribution in [1.29, 1.82) is 0 Å². The summed E-state index contributed by atoms with van der Waals surface area (Å²) in [5.74, 6) is 1.97. The molecule has 5 nitrogen and oxygen atoms in total. The molecule has 6 heteroatoms. The summed E-state index contributed by atoms with van der Waals surface area (Å²) < 4.78 is 24.8. The SMILES string of the molecule is CCNC(=NCc1ccc(OC)c(OC)c1)NCC1(c2ccccc2F)CC1. The zero-order chi connectivity index (χ0) is 20.0. The number of aliphatic imine (C=N–C) groups is 1. The highest BCUT2D eigenvalue weighted by molar-refractivity contribution is 5.80. The minimum Gasteiger partial charge on any atom is -0.493 e. The quantitative estimate of drug-likeness (QED) is 0.538.